The van der Waals surface area contributed by atoms with Gasteiger partial charge in [0.25, 0.3) is 11.5 Å². The number of hydrogen-bond acceptors (Lipinski definition) is 4. The summed E-state index contributed by atoms with van der Waals surface area (Å²) in [4.78, 5) is 42.0. The summed E-state index contributed by atoms with van der Waals surface area (Å²) in [6, 6.07) is 1.79. The number of carbonyl (C=O) groups is 2. The number of likely N-dealkylation sites (tertiary alicyclic amines) is 1. The van der Waals surface area contributed by atoms with Crippen molar-refractivity contribution in [2.75, 3.05) is 33.4 Å². The molecule has 0 saturated carbocycles. The third-order valence-electron chi connectivity index (χ3n) is 5.25. The van der Waals surface area contributed by atoms with E-state index < -0.39 is 5.41 Å². The summed E-state index contributed by atoms with van der Waals surface area (Å²) in [6.45, 7) is 5.27. The van der Waals surface area contributed by atoms with E-state index in [1.807, 2.05) is 0 Å². The van der Waals surface area contributed by atoms with E-state index in [-0.39, 0.29) is 28.9 Å². The highest BCUT2D eigenvalue weighted by Gasteiger charge is 2.54. The number of aromatic nitrogens is 1. The van der Waals surface area contributed by atoms with Crippen LogP contribution in [0.4, 0.5) is 0 Å². The summed E-state index contributed by atoms with van der Waals surface area (Å²) in [5, 5.41) is 2.73. The van der Waals surface area contributed by atoms with Gasteiger partial charge in [-0.2, -0.15) is 0 Å². The van der Waals surface area contributed by atoms with Gasteiger partial charge in [0.15, 0.2) is 0 Å². The average molecular weight is 333 g/mol. The van der Waals surface area contributed by atoms with Crippen molar-refractivity contribution in [3.8, 4) is 0 Å². The first-order chi connectivity index (χ1) is 11.4. The van der Waals surface area contributed by atoms with Gasteiger partial charge in [0.1, 0.15) is 5.56 Å². The number of hydrogen-bond donors (Lipinski definition) is 2. The molecule has 7 nitrogen and oxygen atoms in total. The summed E-state index contributed by atoms with van der Waals surface area (Å²) < 4.78 is 5.51. The molecule has 130 valence electrons. The molecule has 7 heteroatoms. The first kappa shape index (κ1) is 16.7. The van der Waals surface area contributed by atoms with E-state index in [0.717, 1.165) is 5.69 Å². The Morgan fingerprint density at radius 1 is 1.42 bits per heavy atom. The fraction of sp³-hybridized carbons (Fsp3) is 0.588. The van der Waals surface area contributed by atoms with Crippen LogP contribution in [0.1, 0.15) is 28.0 Å². The molecule has 2 N–H and O–H groups in total. The van der Waals surface area contributed by atoms with Crippen LogP contribution in [0.5, 0.6) is 0 Å². The highest BCUT2D eigenvalue weighted by Crippen LogP contribution is 2.42. The average Bonchev–Trinajstić information content (AvgIpc) is 2.93. The van der Waals surface area contributed by atoms with Gasteiger partial charge in [-0.25, -0.2) is 0 Å². The van der Waals surface area contributed by atoms with Crippen molar-refractivity contribution in [2.45, 2.75) is 20.3 Å². The number of aryl methyl sites for hydroxylation is 2. The highest BCUT2D eigenvalue weighted by atomic mass is 16.5. The molecule has 0 radical (unpaired) electrons. The van der Waals surface area contributed by atoms with Gasteiger partial charge in [-0.15, -0.1) is 0 Å². The number of pyridine rings is 1. The number of aromatic amines is 1. The monoisotopic (exact) mass is 333 g/mol. The Kier molecular flexibility index (Phi) is 4.21. The van der Waals surface area contributed by atoms with E-state index in [4.69, 9.17) is 4.74 Å². The van der Waals surface area contributed by atoms with E-state index in [0.29, 0.717) is 38.3 Å². The molecule has 0 bridgehead atoms. The summed E-state index contributed by atoms with van der Waals surface area (Å²) in [5.74, 6) is -0.410. The van der Waals surface area contributed by atoms with Gasteiger partial charge >= 0.3 is 0 Å². The zero-order chi connectivity index (χ0) is 17.5. The molecule has 0 aliphatic carbocycles. The van der Waals surface area contributed by atoms with E-state index in [9.17, 15) is 14.4 Å². The zero-order valence-electron chi connectivity index (χ0n) is 14.3. The Balaban J connectivity index is 1.93. The summed E-state index contributed by atoms with van der Waals surface area (Å²) >= 11 is 0. The molecular weight excluding hydrogens is 310 g/mol. The van der Waals surface area contributed by atoms with Crippen LogP contribution in [0, 0.1) is 25.2 Å². The second kappa shape index (κ2) is 6.05. The Bertz CT molecular complexity index is 742. The lowest BCUT2D eigenvalue weighted by Gasteiger charge is -2.36. The van der Waals surface area contributed by atoms with Crippen LogP contribution in [-0.2, 0) is 9.53 Å². The molecule has 0 unspecified atom stereocenters. The van der Waals surface area contributed by atoms with Crippen LogP contribution in [0.2, 0.25) is 0 Å². The van der Waals surface area contributed by atoms with Crippen LogP contribution < -0.4 is 10.9 Å². The van der Waals surface area contributed by atoms with Crippen molar-refractivity contribution in [3.63, 3.8) is 0 Å². The first-order valence-electron chi connectivity index (χ1n) is 8.19. The standard InChI is InChI=1S/C17H23N3O4/c1-10-6-11(2)19-14(21)13(10)15(22)20-7-12-8-24-5-4-17(12,9-20)16(23)18-3/h6,12H,4-5,7-9H2,1-3H3,(H,18,23)(H,19,21)/t12-,17+/m1/s1. The summed E-state index contributed by atoms with van der Waals surface area (Å²) in [6.07, 6.45) is 0.588. The number of carbonyl (C=O) groups excluding carboxylic acids is 2. The van der Waals surface area contributed by atoms with E-state index in [2.05, 4.69) is 10.3 Å². The van der Waals surface area contributed by atoms with E-state index >= 15 is 0 Å². The molecule has 3 rings (SSSR count). The molecule has 2 aliphatic rings. The van der Waals surface area contributed by atoms with Crippen molar-refractivity contribution in [3.05, 3.63) is 33.2 Å². The van der Waals surface area contributed by atoms with Gasteiger partial charge in [-0.3, -0.25) is 14.4 Å². The number of nitrogens with zero attached hydrogens (tertiary/aromatic N) is 1. The van der Waals surface area contributed by atoms with Crippen LogP contribution in [0.15, 0.2) is 10.9 Å². The molecular formula is C17H23N3O4. The maximum atomic E-state index is 12.9. The topological polar surface area (TPSA) is 91.5 Å². The van der Waals surface area contributed by atoms with Gasteiger partial charge in [-0.05, 0) is 31.9 Å². The van der Waals surface area contributed by atoms with Gasteiger partial charge in [0.05, 0.1) is 12.0 Å². The second-order valence-electron chi connectivity index (χ2n) is 6.78. The Morgan fingerprint density at radius 3 is 2.83 bits per heavy atom. The van der Waals surface area contributed by atoms with Crippen molar-refractivity contribution in [1.29, 1.82) is 0 Å². The third kappa shape index (κ3) is 2.53. The molecule has 2 amide bonds. The van der Waals surface area contributed by atoms with Crippen molar-refractivity contribution in [1.82, 2.24) is 15.2 Å². The highest BCUT2D eigenvalue weighted by molar-refractivity contribution is 5.96. The Labute approximate surface area is 140 Å². The van der Waals surface area contributed by atoms with Crippen LogP contribution >= 0.6 is 0 Å². The van der Waals surface area contributed by atoms with Gasteiger partial charge in [0, 0.05) is 38.4 Å². The predicted octanol–water partition coefficient (Wildman–Crippen LogP) is 0.216. The lowest BCUT2D eigenvalue weighted by molar-refractivity contribution is -0.138. The quantitative estimate of drug-likeness (QED) is 0.810. The number of ether oxygens (including phenoxy) is 1. The first-order valence-corrected chi connectivity index (χ1v) is 8.19. The molecule has 0 aromatic carbocycles. The Hall–Kier alpha value is -2.15. The van der Waals surface area contributed by atoms with Gasteiger partial charge in [-0.1, -0.05) is 0 Å². The zero-order valence-corrected chi connectivity index (χ0v) is 14.3. The molecule has 0 spiro atoms. The minimum absolute atomic E-state index is 0.0417. The summed E-state index contributed by atoms with van der Waals surface area (Å²) in [7, 11) is 1.61. The number of fused-ring (bicyclic) bond motifs is 1. The fourth-order valence-corrected chi connectivity index (χ4v) is 4.00. The normalized spacial score (nSPS) is 26.1. The van der Waals surface area contributed by atoms with E-state index in [1.165, 1.54) is 0 Å². The number of H-pyrrole nitrogens is 1. The van der Waals surface area contributed by atoms with Gasteiger partial charge < -0.3 is 19.9 Å². The van der Waals surface area contributed by atoms with Crippen molar-refractivity contribution in [2.24, 2.45) is 11.3 Å². The van der Waals surface area contributed by atoms with Crippen LogP contribution in [0.3, 0.4) is 0 Å². The lowest BCUT2D eigenvalue weighted by Crippen LogP contribution is -2.49. The fourth-order valence-electron chi connectivity index (χ4n) is 4.00. The summed E-state index contributed by atoms with van der Waals surface area (Å²) in [5.41, 5.74) is 0.541. The molecule has 1 aromatic rings. The van der Waals surface area contributed by atoms with Crippen molar-refractivity contribution < 1.29 is 14.3 Å². The molecule has 3 heterocycles. The predicted molar refractivity (Wildman–Crippen MR) is 87.9 cm³/mol. The number of nitrogens with one attached hydrogen (secondary N) is 2. The lowest BCUT2D eigenvalue weighted by atomic mass is 9.73. The SMILES string of the molecule is CNC(=O)[C@]12CCOC[C@H]1CN(C(=O)c1c(C)cc(C)[nH]c1=O)C2. The Morgan fingerprint density at radius 2 is 2.17 bits per heavy atom. The molecule has 2 atom stereocenters. The number of rotatable bonds is 2. The number of amides is 2. The van der Waals surface area contributed by atoms with E-state index in [1.54, 1.807) is 31.9 Å². The minimum atomic E-state index is -0.617. The minimum Gasteiger partial charge on any atom is -0.381 e. The third-order valence-corrected chi connectivity index (χ3v) is 5.25. The molecule has 2 saturated heterocycles. The van der Waals surface area contributed by atoms with Crippen molar-refractivity contribution >= 4 is 11.8 Å². The smallest absolute Gasteiger partial charge is 0.261 e. The largest absolute Gasteiger partial charge is 0.381 e. The maximum Gasteiger partial charge on any atom is 0.261 e. The molecule has 24 heavy (non-hydrogen) atoms. The van der Waals surface area contributed by atoms with Gasteiger partial charge in [0.2, 0.25) is 5.91 Å². The second-order valence-corrected chi connectivity index (χ2v) is 6.78. The molecule has 1 aromatic heterocycles. The molecule has 2 aliphatic heterocycles. The maximum absolute atomic E-state index is 12.9. The molecule has 2 fully saturated rings. The van der Waals surface area contributed by atoms with Crippen LogP contribution in [0.25, 0.3) is 0 Å². The van der Waals surface area contributed by atoms with Crippen LogP contribution in [-0.4, -0.2) is 55.0 Å².